The van der Waals surface area contributed by atoms with Gasteiger partial charge in [0, 0.05) is 37.4 Å². The Balaban J connectivity index is 2.10. The van der Waals surface area contributed by atoms with Crippen molar-refractivity contribution in [1.29, 1.82) is 0 Å². The number of para-hydroxylation sites is 1. The van der Waals surface area contributed by atoms with E-state index in [1.54, 1.807) is 0 Å². The van der Waals surface area contributed by atoms with Crippen LogP contribution < -0.4 is 10.2 Å². The van der Waals surface area contributed by atoms with Gasteiger partial charge in [0.25, 0.3) is 0 Å². The van der Waals surface area contributed by atoms with Crippen molar-refractivity contribution in [3.63, 3.8) is 0 Å². The lowest BCUT2D eigenvalue weighted by atomic mass is 10.1. The number of nitrogens with one attached hydrogen (secondary N) is 1. The maximum absolute atomic E-state index is 3.63. The third-order valence-electron chi connectivity index (χ3n) is 3.96. The molecule has 2 rings (SSSR count). The number of hydrogen-bond donors (Lipinski definition) is 1. The molecule has 1 aliphatic carbocycles. The zero-order valence-corrected chi connectivity index (χ0v) is 13.4. The van der Waals surface area contributed by atoms with Crippen LogP contribution in [0, 0.1) is 0 Å². The van der Waals surface area contributed by atoms with Crippen LogP contribution in [0.3, 0.4) is 0 Å². The van der Waals surface area contributed by atoms with Gasteiger partial charge in [-0.1, -0.05) is 18.2 Å². The Hall–Kier alpha value is -1.06. The lowest BCUT2D eigenvalue weighted by Crippen LogP contribution is -2.40. The fourth-order valence-corrected chi connectivity index (χ4v) is 2.83. The number of rotatable bonds is 8. The van der Waals surface area contributed by atoms with Crippen LogP contribution in [-0.4, -0.2) is 44.2 Å². The number of benzene rings is 1. The maximum atomic E-state index is 3.63. The summed E-state index contributed by atoms with van der Waals surface area (Å²) in [6.07, 6.45) is 2.69. The third-order valence-corrected chi connectivity index (χ3v) is 3.96. The van der Waals surface area contributed by atoms with E-state index in [2.05, 4.69) is 67.3 Å². The van der Waals surface area contributed by atoms with Crippen molar-refractivity contribution in [2.45, 2.75) is 45.3 Å². The van der Waals surface area contributed by atoms with E-state index in [4.69, 9.17) is 0 Å². The second-order valence-corrected chi connectivity index (χ2v) is 6.18. The lowest BCUT2D eigenvalue weighted by molar-refractivity contribution is 0.372. The zero-order valence-electron chi connectivity index (χ0n) is 13.4. The average molecular weight is 275 g/mol. The molecule has 0 spiro atoms. The van der Waals surface area contributed by atoms with Crippen molar-refractivity contribution in [2.24, 2.45) is 0 Å². The Kier molecular flexibility index (Phi) is 5.44. The van der Waals surface area contributed by atoms with Crippen molar-refractivity contribution >= 4 is 5.69 Å². The average Bonchev–Trinajstić information content (AvgIpc) is 3.21. The molecule has 3 heteroatoms. The van der Waals surface area contributed by atoms with E-state index < -0.39 is 0 Å². The summed E-state index contributed by atoms with van der Waals surface area (Å²) in [6, 6.07) is 10.1. The molecule has 20 heavy (non-hydrogen) atoms. The topological polar surface area (TPSA) is 18.5 Å². The minimum absolute atomic E-state index is 0.525. The van der Waals surface area contributed by atoms with E-state index in [9.17, 15) is 0 Å². The third kappa shape index (κ3) is 4.22. The van der Waals surface area contributed by atoms with Gasteiger partial charge >= 0.3 is 0 Å². The largest absolute Gasteiger partial charge is 0.368 e. The Morgan fingerprint density at radius 2 is 1.95 bits per heavy atom. The molecule has 0 saturated heterocycles. The molecular formula is C17H29N3. The van der Waals surface area contributed by atoms with Crippen LogP contribution in [0.2, 0.25) is 0 Å². The fraction of sp³-hybridized carbons (Fsp3) is 0.647. The van der Waals surface area contributed by atoms with Gasteiger partial charge in [0.2, 0.25) is 0 Å². The summed E-state index contributed by atoms with van der Waals surface area (Å²) in [5.41, 5.74) is 2.81. The molecule has 112 valence electrons. The summed E-state index contributed by atoms with van der Waals surface area (Å²) < 4.78 is 0. The Morgan fingerprint density at radius 3 is 2.55 bits per heavy atom. The van der Waals surface area contributed by atoms with Crippen LogP contribution in [0.1, 0.15) is 32.3 Å². The summed E-state index contributed by atoms with van der Waals surface area (Å²) in [7, 11) is 4.29. The van der Waals surface area contributed by atoms with E-state index in [0.717, 1.165) is 25.7 Å². The van der Waals surface area contributed by atoms with Crippen LogP contribution in [0.15, 0.2) is 24.3 Å². The van der Waals surface area contributed by atoms with Gasteiger partial charge in [0.05, 0.1) is 0 Å². The first-order chi connectivity index (χ1) is 9.61. The molecule has 1 N–H and O–H groups in total. The van der Waals surface area contributed by atoms with E-state index in [-0.39, 0.29) is 0 Å². The second kappa shape index (κ2) is 7.09. The zero-order chi connectivity index (χ0) is 14.5. The highest BCUT2D eigenvalue weighted by Crippen LogP contribution is 2.25. The number of nitrogens with zero attached hydrogens (tertiary/aromatic N) is 2. The van der Waals surface area contributed by atoms with Gasteiger partial charge in [-0.25, -0.2) is 0 Å². The van der Waals surface area contributed by atoms with Crippen molar-refractivity contribution in [1.82, 2.24) is 10.2 Å². The highest BCUT2D eigenvalue weighted by molar-refractivity contribution is 5.54. The molecule has 1 aliphatic rings. The van der Waals surface area contributed by atoms with Gasteiger partial charge in [-0.05, 0) is 52.4 Å². The minimum atomic E-state index is 0.525. The molecule has 1 saturated carbocycles. The molecule has 1 atom stereocenters. The molecule has 0 radical (unpaired) electrons. The summed E-state index contributed by atoms with van der Waals surface area (Å²) in [5, 5.41) is 3.63. The van der Waals surface area contributed by atoms with E-state index in [1.807, 2.05) is 0 Å². The Bertz CT molecular complexity index is 412. The molecule has 0 bridgehead atoms. The molecule has 0 heterocycles. The molecule has 0 amide bonds. The number of anilines is 1. The van der Waals surface area contributed by atoms with Crippen molar-refractivity contribution in [2.75, 3.05) is 32.1 Å². The monoisotopic (exact) mass is 275 g/mol. The quantitative estimate of drug-likeness (QED) is 0.787. The minimum Gasteiger partial charge on any atom is -0.368 e. The van der Waals surface area contributed by atoms with Crippen LogP contribution >= 0.6 is 0 Å². The normalized spacial score (nSPS) is 16.4. The van der Waals surface area contributed by atoms with Crippen LogP contribution in [-0.2, 0) is 6.54 Å². The van der Waals surface area contributed by atoms with Crippen molar-refractivity contribution in [3.05, 3.63) is 29.8 Å². The number of hydrogen-bond acceptors (Lipinski definition) is 3. The highest BCUT2D eigenvalue weighted by Gasteiger charge is 2.21. The predicted molar refractivity (Wildman–Crippen MR) is 87.3 cm³/mol. The van der Waals surface area contributed by atoms with E-state index >= 15 is 0 Å². The molecule has 3 nitrogen and oxygen atoms in total. The van der Waals surface area contributed by atoms with Crippen molar-refractivity contribution < 1.29 is 0 Å². The van der Waals surface area contributed by atoms with E-state index in [1.165, 1.54) is 24.1 Å². The molecule has 1 aromatic carbocycles. The molecular weight excluding hydrogens is 246 g/mol. The maximum Gasteiger partial charge on any atom is 0.0414 e. The molecule has 1 unspecified atom stereocenters. The fourth-order valence-electron chi connectivity index (χ4n) is 2.83. The van der Waals surface area contributed by atoms with Gasteiger partial charge in [0.15, 0.2) is 0 Å². The van der Waals surface area contributed by atoms with Crippen LogP contribution in [0.5, 0.6) is 0 Å². The smallest absolute Gasteiger partial charge is 0.0414 e. The molecule has 1 fully saturated rings. The Morgan fingerprint density at radius 1 is 1.25 bits per heavy atom. The van der Waals surface area contributed by atoms with Gasteiger partial charge in [-0.3, -0.25) is 0 Å². The van der Waals surface area contributed by atoms with E-state index in [0.29, 0.717) is 6.04 Å². The predicted octanol–water partition coefficient (Wildman–Crippen LogP) is 2.72. The first kappa shape index (κ1) is 15.3. The van der Waals surface area contributed by atoms with Crippen LogP contribution in [0.4, 0.5) is 5.69 Å². The lowest BCUT2D eigenvalue weighted by Gasteiger charge is -2.33. The van der Waals surface area contributed by atoms with Crippen LogP contribution in [0.25, 0.3) is 0 Å². The summed E-state index contributed by atoms with van der Waals surface area (Å²) in [4.78, 5) is 4.78. The van der Waals surface area contributed by atoms with Gasteiger partial charge in [-0.2, -0.15) is 0 Å². The summed E-state index contributed by atoms with van der Waals surface area (Å²) in [6.45, 7) is 7.69. The van der Waals surface area contributed by atoms with Gasteiger partial charge < -0.3 is 15.1 Å². The first-order valence-electron chi connectivity index (χ1n) is 7.84. The highest BCUT2D eigenvalue weighted by atomic mass is 15.2. The molecule has 0 aromatic heterocycles. The van der Waals surface area contributed by atoms with Gasteiger partial charge in [-0.15, -0.1) is 0 Å². The molecule has 1 aromatic rings. The standard InChI is InChI=1S/C17H29N3/c1-5-20(14(2)13-19(3)4)17-9-7-6-8-15(17)12-18-16-10-11-16/h6-9,14,16,18H,5,10-13H2,1-4H3. The second-order valence-electron chi connectivity index (χ2n) is 6.18. The first-order valence-corrected chi connectivity index (χ1v) is 7.84. The van der Waals surface area contributed by atoms with Crippen molar-refractivity contribution in [3.8, 4) is 0 Å². The summed E-state index contributed by atoms with van der Waals surface area (Å²) in [5.74, 6) is 0. The SMILES string of the molecule is CCN(c1ccccc1CNC1CC1)C(C)CN(C)C. The summed E-state index contributed by atoms with van der Waals surface area (Å²) >= 11 is 0. The Labute approximate surface area is 124 Å². The molecule has 0 aliphatic heterocycles. The van der Waals surface area contributed by atoms with Gasteiger partial charge in [0.1, 0.15) is 0 Å². The number of likely N-dealkylation sites (N-methyl/N-ethyl adjacent to an activating group) is 2.